The first-order chi connectivity index (χ1) is 9.63. The van der Waals surface area contributed by atoms with Crippen molar-refractivity contribution < 1.29 is 9.13 Å². The third-order valence-electron chi connectivity index (χ3n) is 3.00. The van der Waals surface area contributed by atoms with Crippen molar-refractivity contribution in [3.8, 4) is 11.5 Å². The smallest absolute Gasteiger partial charge is 0.153 e. The molecule has 0 amide bonds. The van der Waals surface area contributed by atoms with E-state index in [1.807, 2.05) is 37.3 Å². The fourth-order valence-corrected chi connectivity index (χ4v) is 2.07. The topological polar surface area (TPSA) is 48.1 Å². The van der Waals surface area contributed by atoms with Crippen LogP contribution in [0.1, 0.15) is 5.69 Å². The lowest BCUT2D eigenvalue weighted by molar-refractivity contribution is 0.483. The molecule has 1 aromatic heterocycles. The van der Waals surface area contributed by atoms with Crippen molar-refractivity contribution in [3.05, 3.63) is 60.0 Å². The molecule has 20 heavy (non-hydrogen) atoms. The third-order valence-corrected chi connectivity index (χ3v) is 3.00. The molecule has 3 aromatic rings. The molecule has 0 aliphatic carbocycles. The van der Waals surface area contributed by atoms with Gasteiger partial charge in [-0.25, -0.2) is 4.39 Å². The number of pyridine rings is 1. The fraction of sp³-hybridized carbons (Fsp3) is 0.0625. The van der Waals surface area contributed by atoms with Crippen molar-refractivity contribution in [2.24, 2.45) is 0 Å². The van der Waals surface area contributed by atoms with Gasteiger partial charge in [0.25, 0.3) is 0 Å². The highest BCUT2D eigenvalue weighted by atomic mass is 19.1. The Morgan fingerprint density at radius 2 is 1.85 bits per heavy atom. The number of ether oxygens (including phenoxy) is 1. The van der Waals surface area contributed by atoms with Gasteiger partial charge in [0, 0.05) is 23.2 Å². The summed E-state index contributed by atoms with van der Waals surface area (Å²) in [6, 6.07) is 13.5. The molecule has 0 spiro atoms. The average molecular weight is 268 g/mol. The number of aromatic nitrogens is 1. The normalized spacial score (nSPS) is 10.7. The number of nitrogen functional groups attached to an aromatic ring is 1. The van der Waals surface area contributed by atoms with Crippen LogP contribution < -0.4 is 10.5 Å². The third kappa shape index (κ3) is 2.28. The highest BCUT2D eigenvalue weighted by Gasteiger charge is 2.09. The van der Waals surface area contributed by atoms with Gasteiger partial charge in [-0.15, -0.1) is 0 Å². The summed E-state index contributed by atoms with van der Waals surface area (Å²) in [5.74, 6) is 0.537. The fourth-order valence-electron chi connectivity index (χ4n) is 2.07. The Hall–Kier alpha value is -2.62. The second kappa shape index (κ2) is 4.81. The zero-order valence-electron chi connectivity index (χ0n) is 10.9. The van der Waals surface area contributed by atoms with Gasteiger partial charge in [-0.1, -0.05) is 12.1 Å². The van der Waals surface area contributed by atoms with Crippen molar-refractivity contribution in [1.29, 1.82) is 0 Å². The zero-order chi connectivity index (χ0) is 14.1. The molecule has 0 saturated carbocycles. The SMILES string of the molecule is Cc1cc(Oc2cc(F)ccc2N)c2ccccc2n1. The van der Waals surface area contributed by atoms with Crippen LogP contribution in [0.15, 0.2) is 48.5 Å². The van der Waals surface area contributed by atoms with Gasteiger partial charge in [-0.3, -0.25) is 4.98 Å². The summed E-state index contributed by atoms with van der Waals surface area (Å²) in [5, 5.41) is 0.863. The maximum Gasteiger partial charge on any atom is 0.153 e. The number of nitrogens with two attached hydrogens (primary N) is 1. The molecule has 0 fully saturated rings. The van der Waals surface area contributed by atoms with Crippen molar-refractivity contribution >= 4 is 16.6 Å². The van der Waals surface area contributed by atoms with Crippen LogP contribution in [0.3, 0.4) is 0 Å². The van der Waals surface area contributed by atoms with E-state index in [4.69, 9.17) is 10.5 Å². The van der Waals surface area contributed by atoms with Crippen molar-refractivity contribution in [2.75, 3.05) is 5.73 Å². The molecule has 3 nitrogen and oxygen atoms in total. The molecule has 0 saturated heterocycles. The number of aryl methyl sites for hydroxylation is 1. The van der Waals surface area contributed by atoms with Crippen LogP contribution in [-0.2, 0) is 0 Å². The van der Waals surface area contributed by atoms with Crippen LogP contribution in [0.2, 0.25) is 0 Å². The van der Waals surface area contributed by atoms with Gasteiger partial charge < -0.3 is 10.5 Å². The van der Waals surface area contributed by atoms with E-state index in [2.05, 4.69) is 4.98 Å². The molecule has 0 radical (unpaired) electrons. The van der Waals surface area contributed by atoms with E-state index in [0.717, 1.165) is 16.6 Å². The molecule has 0 bridgehead atoms. The quantitative estimate of drug-likeness (QED) is 0.713. The Labute approximate surface area is 115 Å². The number of para-hydroxylation sites is 1. The van der Waals surface area contributed by atoms with Crippen LogP contribution >= 0.6 is 0 Å². The van der Waals surface area contributed by atoms with Crippen molar-refractivity contribution in [1.82, 2.24) is 4.98 Å². The summed E-state index contributed by atoms with van der Waals surface area (Å²) in [6.45, 7) is 1.88. The van der Waals surface area contributed by atoms with Gasteiger partial charge in [0.2, 0.25) is 0 Å². The number of nitrogens with zero attached hydrogens (tertiary/aromatic N) is 1. The molecule has 2 aromatic carbocycles. The van der Waals surface area contributed by atoms with Crippen LogP contribution in [0.5, 0.6) is 11.5 Å². The molecule has 0 unspecified atom stereocenters. The molecule has 0 atom stereocenters. The van der Waals surface area contributed by atoms with Crippen LogP contribution in [0, 0.1) is 12.7 Å². The monoisotopic (exact) mass is 268 g/mol. The zero-order valence-corrected chi connectivity index (χ0v) is 10.9. The second-order valence-electron chi connectivity index (χ2n) is 4.56. The Kier molecular flexibility index (Phi) is 2.99. The first-order valence-electron chi connectivity index (χ1n) is 6.23. The molecule has 1 heterocycles. The van der Waals surface area contributed by atoms with Gasteiger partial charge in [0.15, 0.2) is 5.75 Å². The number of fused-ring (bicyclic) bond motifs is 1. The molecule has 100 valence electrons. The summed E-state index contributed by atoms with van der Waals surface area (Å²) in [7, 11) is 0. The second-order valence-corrected chi connectivity index (χ2v) is 4.56. The van der Waals surface area contributed by atoms with Gasteiger partial charge >= 0.3 is 0 Å². The summed E-state index contributed by atoms with van der Waals surface area (Å²) < 4.78 is 19.1. The molecular weight excluding hydrogens is 255 g/mol. The molecule has 4 heteroatoms. The molecule has 3 rings (SSSR count). The van der Waals surface area contributed by atoms with Crippen LogP contribution in [-0.4, -0.2) is 4.98 Å². The summed E-state index contributed by atoms with van der Waals surface area (Å²) >= 11 is 0. The van der Waals surface area contributed by atoms with E-state index >= 15 is 0 Å². The van der Waals surface area contributed by atoms with Crippen molar-refractivity contribution in [3.63, 3.8) is 0 Å². The Morgan fingerprint density at radius 3 is 2.70 bits per heavy atom. The minimum atomic E-state index is -0.385. The number of halogens is 1. The standard InChI is InChI=1S/C16H13FN2O/c1-10-8-15(12-4-2-3-5-14(12)19-10)20-16-9-11(17)6-7-13(16)18/h2-9H,18H2,1H3. The first-order valence-corrected chi connectivity index (χ1v) is 6.23. The predicted octanol–water partition coefficient (Wildman–Crippen LogP) is 4.06. The molecule has 2 N–H and O–H groups in total. The average Bonchev–Trinajstić information content (AvgIpc) is 2.43. The molecule has 0 aliphatic heterocycles. The van der Waals surface area contributed by atoms with E-state index in [9.17, 15) is 4.39 Å². The maximum atomic E-state index is 13.3. The van der Waals surface area contributed by atoms with Gasteiger partial charge in [0.1, 0.15) is 11.6 Å². The summed E-state index contributed by atoms with van der Waals surface area (Å²) in [5.41, 5.74) is 7.86. The number of anilines is 1. The lowest BCUT2D eigenvalue weighted by Gasteiger charge is -2.11. The number of hydrogen-bond acceptors (Lipinski definition) is 3. The molecule has 0 aliphatic rings. The Bertz CT molecular complexity index is 787. The predicted molar refractivity (Wildman–Crippen MR) is 77.4 cm³/mol. The van der Waals surface area contributed by atoms with Crippen LogP contribution in [0.4, 0.5) is 10.1 Å². The first kappa shape index (κ1) is 12.4. The lowest BCUT2D eigenvalue weighted by atomic mass is 10.2. The Balaban J connectivity index is 2.13. The van der Waals surface area contributed by atoms with Crippen LogP contribution in [0.25, 0.3) is 10.9 Å². The largest absolute Gasteiger partial charge is 0.454 e. The number of hydrogen-bond donors (Lipinski definition) is 1. The van der Waals surface area contributed by atoms with E-state index in [-0.39, 0.29) is 5.82 Å². The number of benzene rings is 2. The van der Waals surface area contributed by atoms with E-state index in [0.29, 0.717) is 17.2 Å². The minimum absolute atomic E-state index is 0.306. The maximum absolute atomic E-state index is 13.3. The molecular formula is C16H13FN2O. The summed E-state index contributed by atoms with van der Waals surface area (Å²) in [6.07, 6.45) is 0. The van der Waals surface area contributed by atoms with E-state index in [1.165, 1.54) is 18.2 Å². The lowest BCUT2D eigenvalue weighted by Crippen LogP contribution is -1.95. The van der Waals surface area contributed by atoms with Gasteiger partial charge in [0.05, 0.1) is 11.2 Å². The summed E-state index contributed by atoms with van der Waals surface area (Å²) in [4.78, 5) is 4.43. The highest BCUT2D eigenvalue weighted by molar-refractivity contribution is 5.85. The van der Waals surface area contributed by atoms with Gasteiger partial charge in [-0.05, 0) is 31.2 Å². The number of rotatable bonds is 2. The van der Waals surface area contributed by atoms with Crippen molar-refractivity contribution in [2.45, 2.75) is 6.92 Å². The van der Waals surface area contributed by atoms with Gasteiger partial charge in [-0.2, -0.15) is 0 Å². The Morgan fingerprint density at radius 1 is 1.05 bits per heavy atom. The highest BCUT2D eigenvalue weighted by Crippen LogP contribution is 2.33. The van der Waals surface area contributed by atoms with E-state index < -0.39 is 0 Å². The van der Waals surface area contributed by atoms with E-state index in [1.54, 1.807) is 0 Å². The minimum Gasteiger partial charge on any atom is -0.454 e.